The van der Waals surface area contributed by atoms with Gasteiger partial charge in [0.15, 0.2) is 0 Å². The summed E-state index contributed by atoms with van der Waals surface area (Å²) in [5.41, 5.74) is 8.18. The highest BCUT2D eigenvalue weighted by Crippen LogP contribution is 2.20. The third-order valence-corrected chi connectivity index (χ3v) is 4.51. The molecule has 0 bridgehead atoms. The van der Waals surface area contributed by atoms with Gasteiger partial charge < -0.3 is 20.8 Å². The van der Waals surface area contributed by atoms with Crippen molar-refractivity contribution < 1.29 is 9.53 Å². The largest absolute Gasteiger partial charge is 0.376 e. The monoisotopic (exact) mass is 315 g/mol. The van der Waals surface area contributed by atoms with Crippen molar-refractivity contribution in [2.24, 2.45) is 5.73 Å². The average Bonchev–Trinajstić information content (AvgIpc) is 3.21. The van der Waals surface area contributed by atoms with Crippen molar-refractivity contribution in [2.75, 3.05) is 13.2 Å². The van der Waals surface area contributed by atoms with Gasteiger partial charge in [0.2, 0.25) is 5.91 Å². The van der Waals surface area contributed by atoms with Crippen LogP contribution >= 0.6 is 0 Å². The number of nitrogens with one attached hydrogen (secondary N) is 2. The summed E-state index contributed by atoms with van der Waals surface area (Å²) < 4.78 is 5.74. The summed E-state index contributed by atoms with van der Waals surface area (Å²) in [6.07, 6.45) is 7.65. The van der Waals surface area contributed by atoms with Crippen molar-refractivity contribution in [1.29, 1.82) is 0 Å². The minimum atomic E-state index is -0.541. The van der Waals surface area contributed by atoms with Crippen molar-refractivity contribution in [2.45, 2.75) is 44.2 Å². The van der Waals surface area contributed by atoms with Gasteiger partial charge in [0, 0.05) is 23.6 Å². The second-order valence-electron chi connectivity index (χ2n) is 6.24. The minimum Gasteiger partial charge on any atom is -0.376 e. The van der Waals surface area contributed by atoms with Gasteiger partial charge in [-0.1, -0.05) is 31.0 Å². The van der Waals surface area contributed by atoms with E-state index in [1.807, 2.05) is 30.5 Å². The molecule has 0 unspecified atom stereocenters. The van der Waals surface area contributed by atoms with Gasteiger partial charge in [-0.2, -0.15) is 0 Å². The van der Waals surface area contributed by atoms with Crippen LogP contribution in [0.2, 0.25) is 0 Å². The molecular weight excluding hydrogens is 290 g/mol. The summed E-state index contributed by atoms with van der Waals surface area (Å²) in [4.78, 5) is 15.3. The van der Waals surface area contributed by atoms with Crippen LogP contribution in [0.5, 0.6) is 0 Å². The van der Waals surface area contributed by atoms with Crippen molar-refractivity contribution in [3.8, 4) is 0 Å². The quantitative estimate of drug-likeness (QED) is 0.685. The number of H-pyrrole nitrogens is 1. The third-order valence-electron chi connectivity index (χ3n) is 4.51. The Kier molecular flexibility index (Phi) is 5.31. The van der Waals surface area contributed by atoms with Crippen LogP contribution in [-0.2, 0) is 16.0 Å². The van der Waals surface area contributed by atoms with Gasteiger partial charge in [-0.05, 0) is 30.9 Å². The van der Waals surface area contributed by atoms with Crippen molar-refractivity contribution in [3.05, 3.63) is 36.0 Å². The zero-order valence-electron chi connectivity index (χ0n) is 13.4. The summed E-state index contributed by atoms with van der Waals surface area (Å²) >= 11 is 0. The van der Waals surface area contributed by atoms with Gasteiger partial charge in [0.05, 0.1) is 18.8 Å². The highest BCUT2D eigenvalue weighted by Gasteiger charge is 2.17. The Bertz CT molecular complexity index is 647. The Balaban J connectivity index is 1.44. The number of aromatic nitrogens is 1. The number of aromatic amines is 1. The molecule has 3 rings (SSSR count). The number of hydrogen-bond donors (Lipinski definition) is 3. The zero-order valence-corrected chi connectivity index (χ0v) is 13.4. The first-order chi connectivity index (χ1) is 11.2. The third kappa shape index (κ3) is 4.12. The van der Waals surface area contributed by atoms with Crippen molar-refractivity contribution in [3.63, 3.8) is 0 Å². The molecule has 5 heteroatoms. The number of para-hydroxylation sites is 1. The number of amides is 1. The molecule has 1 saturated carbocycles. The molecule has 1 fully saturated rings. The first-order valence-corrected chi connectivity index (χ1v) is 8.44. The number of carbonyl (C=O) groups is 1. The van der Waals surface area contributed by atoms with E-state index < -0.39 is 6.04 Å². The summed E-state index contributed by atoms with van der Waals surface area (Å²) in [5.74, 6) is -0.120. The number of ether oxygens (including phenoxy) is 1. The van der Waals surface area contributed by atoms with E-state index in [0.29, 0.717) is 25.7 Å². The van der Waals surface area contributed by atoms with Gasteiger partial charge in [-0.15, -0.1) is 0 Å². The molecule has 1 heterocycles. The molecule has 4 N–H and O–H groups in total. The van der Waals surface area contributed by atoms with Gasteiger partial charge in [0.25, 0.3) is 0 Å². The minimum absolute atomic E-state index is 0.120. The fourth-order valence-corrected chi connectivity index (χ4v) is 3.22. The molecule has 1 aromatic heterocycles. The number of rotatable bonds is 7. The van der Waals surface area contributed by atoms with Crippen molar-refractivity contribution in [1.82, 2.24) is 10.3 Å². The Morgan fingerprint density at radius 3 is 2.96 bits per heavy atom. The Morgan fingerprint density at radius 1 is 1.35 bits per heavy atom. The molecule has 0 spiro atoms. The van der Waals surface area contributed by atoms with Gasteiger partial charge >= 0.3 is 0 Å². The molecule has 1 aliphatic carbocycles. The lowest BCUT2D eigenvalue weighted by atomic mass is 10.1. The van der Waals surface area contributed by atoms with Crippen LogP contribution in [0.1, 0.15) is 31.2 Å². The van der Waals surface area contributed by atoms with Gasteiger partial charge in [-0.3, -0.25) is 4.79 Å². The van der Waals surface area contributed by atoms with E-state index in [-0.39, 0.29) is 5.91 Å². The number of hydrogen-bond acceptors (Lipinski definition) is 3. The van der Waals surface area contributed by atoms with E-state index in [1.54, 1.807) is 0 Å². The van der Waals surface area contributed by atoms with E-state index in [2.05, 4.69) is 10.3 Å². The van der Waals surface area contributed by atoms with Gasteiger partial charge in [0.1, 0.15) is 0 Å². The highest BCUT2D eigenvalue weighted by atomic mass is 16.5. The lowest BCUT2D eigenvalue weighted by molar-refractivity contribution is -0.122. The van der Waals surface area contributed by atoms with Crippen LogP contribution < -0.4 is 11.1 Å². The number of nitrogens with two attached hydrogens (primary N) is 1. The maximum Gasteiger partial charge on any atom is 0.237 e. The predicted molar refractivity (Wildman–Crippen MR) is 91.2 cm³/mol. The number of benzene rings is 1. The van der Waals surface area contributed by atoms with E-state index in [9.17, 15) is 4.79 Å². The first kappa shape index (κ1) is 16.0. The standard InChI is InChI=1S/C18H25N3O2/c19-16(11-13-12-21-17-8-4-3-7-15(13)17)18(22)20-9-10-23-14-5-1-2-6-14/h3-4,7-8,12,14,16,21H,1-2,5-6,9-11,19H2,(H,20,22)/t16-/m0/s1. The normalized spacial score (nSPS) is 16.7. The molecular formula is C18H25N3O2. The van der Waals surface area contributed by atoms with E-state index in [0.717, 1.165) is 29.3 Å². The molecule has 1 aliphatic rings. The molecule has 23 heavy (non-hydrogen) atoms. The molecule has 5 nitrogen and oxygen atoms in total. The molecule has 0 aliphatic heterocycles. The average molecular weight is 315 g/mol. The second kappa shape index (κ2) is 7.62. The van der Waals surface area contributed by atoms with Crippen LogP contribution in [0.25, 0.3) is 10.9 Å². The lowest BCUT2D eigenvalue weighted by Gasteiger charge is -2.14. The number of fused-ring (bicyclic) bond motifs is 1. The predicted octanol–water partition coefficient (Wildman–Crippen LogP) is 2.11. The van der Waals surface area contributed by atoms with E-state index >= 15 is 0 Å². The molecule has 1 atom stereocenters. The smallest absolute Gasteiger partial charge is 0.237 e. The Morgan fingerprint density at radius 2 is 2.13 bits per heavy atom. The maximum absolute atomic E-state index is 12.1. The summed E-state index contributed by atoms with van der Waals surface area (Å²) in [6, 6.07) is 7.50. The maximum atomic E-state index is 12.1. The zero-order chi connectivity index (χ0) is 16.1. The lowest BCUT2D eigenvalue weighted by Crippen LogP contribution is -2.43. The molecule has 0 saturated heterocycles. The Labute approximate surface area is 136 Å². The van der Waals surface area contributed by atoms with Crippen LogP contribution in [-0.4, -0.2) is 36.2 Å². The van der Waals surface area contributed by atoms with E-state index in [1.165, 1.54) is 12.8 Å². The van der Waals surface area contributed by atoms with Crippen LogP contribution in [0, 0.1) is 0 Å². The summed E-state index contributed by atoms with van der Waals surface area (Å²) in [5, 5.41) is 3.99. The molecule has 0 radical (unpaired) electrons. The highest BCUT2D eigenvalue weighted by molar-refractivity contribution is 5.86. The van der Waals surface area contributed by atoms with E-state index in [4.69, 9.17) is 10.5 Å². The fraction of sp³-hybridized carbons (Fsp3) is 0.500. The molecule has 1 aromatic carbocycles. The first-order valence-electron chi connectivity index (χ1n) is 8.44. The molecule has 124 valence electrons. The summed E-state index contributed by atoms with van der Waals surface area (Å²) in [7, 11) is 0. The Hall–Kier alpha value is -1.85. The summed E-state index contributed by atoms with van der Waals surface area (Å²) in [6.45, 7) is 1.09. The number of carbonyl (C=O) groups excluding carboxylic acids is 1. The van der Waals surface area contributed by atoms with Crippen molar-refractivity contribution >= 4 is 16.8 Å². The van der Waals surface area contributed by atoms with Crippen LogP contribution in [0.15, 0.2) is 30.5 Å². The van der Waals surface area contributed by atoms with Crippen LogP contribution in [0.4, 0.5) is 0 Å². The van der Waals surface area contributed by atoms with Gasteiger partial charge in [-0.25, -0.2) is 0 Å². The SMILES string of the molecule is N[C@@H](Cc1c[nH]c2ccccc12)C(=O)NCCOC1CCCC1. The molecule has 2 aromatic rings. The molecule has 1 amide bonds. The fourth-order valence-electron chi connectivity index (χ4n) is 3.22. The topological polar surface area (TPSA) is 80.1 Å². The second-order valence-corrected chi connectivity index (χ2v) is 6.24. The van der Waals surface area contributed by atoms with Crippen LogP contribution in [0.3, 0.4) is 0 Å².